The van der Waals surface area contributed by atoms with Gasteiger partial charge < -0.3 is 14.7 Å². The van der Waals surface area contributed by atoms with E-state index < -0.39 is 10.9 Å². The van der Waals surface area contributed by atoms with Gasteiger partial charge in [0.05, 0.1) is 0 Å². The summed E-state index contributed by atoms with van der Waals surface area (Å²) in [6.07, 6.45) is 17.9. The molecule has 0 saturated carbocycles. The van der Waals surface area contributed by atoms with Gasteiger partial charge in [-0.15, -0.1) is 0 Å². The maximum Gasteiger partial charge on any atom is 0.466 e. The molecule has 0 fully saturated rings. The number of unbranched alkanes of at least 4 members (excludes halogenated alkanes) is 12. The van der Waals surface area contributed by atoms with Gasteiger partial charge in [-0.1, -0.05) is 26.2 Å². The van der Waals surface area contributed by atoms with Crippen molar-refractivity contribution in [3.8, 4) is 0 Å². The molecule has 0 aromatic heterocycles. The van der Waals surface area contributed by atoms with Crippen LogP contribution in [0.5, 0.6) is 0 Å². The van der Waals surface area contributed by atoms with Gasteiger partial charge in [0.2, 0.25) is 0 Å². The summed E-state index contributed by atoms with van der Waals surface area (Å²) >= 11 is 0.460. The van der Waals surface area contributed by atoms with Gasteiger partial charge in [-0.3, -0.25) is 0 Å². The van der Waals surface area contributed by atoms with Gasteiger partial charge in [0.1, 0.15) is 0 Å². The Kier molecular flexibility index (Phi) is 19.8. The molecule has 0 saturated heterocycles. The first kappa shape index (κ1) is 27.3. The Labute approximate surface area is 164 Å². The first-order chi connectivity index (χ1) is 11.1. The van der Waals surface area contributed by atoms with E-state index in [4.69, 9.17) is 19.2 Å². The van der Waals surface area contributed by atoms with Crippen molar-refractivity contribution in [3.63, 3.8) is 0 Å². The zero-order valence-corrected chi connectivity index (χ0v) is 18.4. The van der Waals surface area contributed by atoms with Crippen LogP contribution in [-0.2, 0) is 4.57 Å². The third-order valence-electron chi connectivity index (χ3n) is 3.75. The normalized spacial score (nSPS) is 12.0. The van der Waals surface area contributed by atoms with Gasteiger partial charge in [-0.25, -0.2) is 4.57 Å². The fourth-order valence-electron chi connectivity index (χ4n) is 2.48. The van der Waals surface area contributed by atoms with Crippen molar-refractivity contribution in [2.24, 2.45) is 0 Å². The van der Waals surface area contributed by atoms with Crippen LogP contribution >= 0.6 is 7.82 Å². The minimum absolute atomic E-state index is 0.460. The number of rotatable bonds is 14. The summed E-state index contributed by atoms with van der Waals surface area (Å²) in [4.78, 5) is 21.6. The SMILES string of the molecule is CCCCCCCCCCCCCCC[C](O)(O)[Na].O=P(O)(O)O. The largest absolute Gasteiger partial charge is 0.466 e. The number of aliphatic hydroxyl groups is 2. The molecule has 8 heteroatoms. The molecule has 0 rings (SSSR count). The molecule has 142 valence electrons. The van der Waals surface area contributed by atoms with Crippen LogP contribution in [0.3, 0.4) is 0 Å². The molecule has 5 N–H and O–H groups in total. The van der Waals surface area contributed by atoms with Crippen LogP contribution in [0, 0.1) is 0 Å². The first-order valence-electron chi connectivity index (χ1n) is 9.29. The van der Waals surface area contributed by atoms with Crippen LogP contribution in [0.1, 0.15) is 96.8 Å². The number of hydrogen-bond donors (Lipinski definition) is 5. The predicted octanol–water partition coefficient (Wildman–Crippen LogP) is 3.35. The third-order valence-corrected chi connectivity index (χ3v) is 4.25. The fraction of sp³-hybridized carbons (Fsp3) is 1.00. The molecule has 0 aliphatic rings. The molecule has 0 aromatic rings. The summed E-state index contributed by atoms with van der Waals surface area (Å²) in [6.45, 7) is 2.27. The van der Waals surface area contributed by atoms with Crippen LogP contribution in [0.2, 0.25) is 0 Å². The maximum atomic E-state index is 9.21. The van der Waals surface area contributed by atoms with Crippen molar-refractivity contribution >= 4 is 35.8 Å². The molecule has 0 aliphatic heterocycles. The molecule has 0 radical (unpaired) electrons. The molecule has 0 heterocycles. The zero-order valence-electron chi connectivity index (χ0n) is 15.5. The summed E-state index contributed by atoms with van der Waals surface area (Å²) in [7, 11) is -4.64. The zero-order chi connectivity index (χ0) is 18.9. The molecule has 24 heavy (non-hydrogen) atoms. The van der Waals surface area contributed by atoms with E-state index in [0.29, 0.717) is 34.4 Å². The van der Waals surface area contributed by atoms with E-state index in [9.17, 15) is 10.2 Å². The van der Waals surface area contributed by atoms with Gasteiger partial charge in [0.25, 0.3) is 0 Å². The molecular weight excluding hydrogens is 342 g/mol. The van der Waals surface area contributed by atoms with Crippen molar-refractivity contribution in [2.45, 2.75) is 99.9 Å². The van der Waals surface area contributed by atoms with E-state index in [0.717, 1.165) is 12.8 Å². The number of phosphoric acid groups is 1. The fourth-order valence-corrected chi connectivity index (χ4v) is 2.83. The third kappa shape index (κ3) is 38.5. The Hall–Kier alpha value is 1.03. The number of hydrogen-bond acceptors (Lipinski definition) is 3. The molecule has 0 spiro atoms. The second-order valence-electron chi connectivity index (χ2n) is 6.72. The predicted molar refractivity (Wildman–Crippen MR) is 97.5 cm³/mol. The summed E-state index contributed by atoms with van der Waals surface area (Å²) < 4.78 is 7.56. The van der Waals surface area contributed by atoms with Crippen molar-refractivity contribution in [1.29, 1.82) is 0 Å². The average Bonchev–Trinajstić information content (AvgIpc) is 2.41. The Morgan fingerprint density at radius 1 is 0.708 bits per heavy atom. The van der Waals surface area contributed by atoms with Crippen LogP contribution in [0.25, 0.3) is 0 Å². The van der Waals surface area contributed by atoms with Gasteiger partial charge in [-0.05, 0) is 0 Å². The van der Waals surface area contributed by atoms with E-state index in [1.54, 1.807) is 0 Å². The minimum atomic E-state index is -4.64. The second-order valence-corrected chi connectivity index (χ2v) is 9.35. The topological polar surface area (TPSA) is 118 Å². The van der Waals surface area contributed by atoms with Crippen LogP contribution in [0.15, 0.2) is 0 Å². The van der Waals surface area contributed by atoms with Gasteiger partial charge >= 0.3 is 120 Å². The van der Waals surface area contributed by atoms with Crippen LogP contribution in [-0.4, -0.2) is 55.9 Å². The monoisotopic (exact) mass is 378 g/mol. The molecule has 6 nitrogen and oxygen atoms in total. The molecular formula is C16H36NaO6P. The first-order valence-corrected chi connectivity index (χ1v) is 11.9. The average molecular weight is 378 g/mol. The Morgan fingerprint density at radius 2 is 0.958 bits per heavy atom. The van der Waals surface area contributed by atoms with Gasteiger partial charge in [0.15, 0.2) is 0 Å². The van der Waals surface area contributed by atoms with E-state index in [-0.39, 0.29) is 0 Å². The summed E-state index contributed by atoms with van der Waals surface area (Å²) in [5.41, 5.74) is 0. The summed E-state index contributed by atoms with van der Waals surface area (Å²) in [6, 6.07) is 0. The van der Waals surface area contributed by atoms with Crippen molar-refractivity contribution in [2.75, 3.05) is 0 Å². The Morgan fingerprint density at radius 3 is 1.21 bits per heavy atom. The molecule has 0 aromatic carbocycles. The molecule has 0 atom stereocenters. The maximum absolute atomic E-state index is 9.21. The van der Waals surface area contributed by atoms with Gasteiger partial charge in [0, 0.05) is 0 Å². The molecule has 0 aliphatic carbocycles. The summed E-state index contributed by atoms with van der Waals surface area (Å²) in [5, 5.41) is 18.4. The van der Waals surface area contributed by atoms with Crippen LogP contribution in [0.4, 0.5) is 0 Å². The van der Waals surface area contributed by atoms with Crippen molar-refractivity contribution in [1.82, 2.24) is 0 Å². The molecule has 0 amide bonds. The quantitative estimate of drug-likeness (QED) is 0.137. The van der Waals surface area contributed by atoms with E-state index in [2.05, 4.69) is 6.92 Å². The Balaban J connectivity index is 0. The minimum Gasteiger partial charge on any atom is -0.303 e. The smallest absolute Gasteiger partial charge is 0.303 e. The van der Waals surface area contributed by atoms with E-state index >= 15 is 0 Å². The van der Waals surface area contributed by atoms with E-state index in [1.807, 2.05) is 0 Å². The molecule has 0 unspecified atom stereocenters. The van der Waals surface area contributed by atoms with Crippen molar-refractivity contribution < 1.29 is 29.5 Å². The van der Waals surface area contributed by atoms with Gasteiger partial charge in [-0.2, -0.15) is 0 Å². The van der Waals surface area contributed by atoms with E-state index in [1.165, 1.54) is 70.6 Å². The Bertz CT molecular complexity index is 295. The standard InChI is InChI=1S/C16H33O2.Na.H3O4P/c1-2-3-4-5-6-7-8-9-10-11-12-13-14-15-16(17)18;;1-5(2,3)4/h17-18H,2-15H2,1H3;;(H3,1,2,3,4). The second kappa shape index (κ2) is 17.4. The summed E-state index contributed by atoms with van der Waals surface area (Å²) in [5.74, 6) is 0. The molecule has 0 bridgehead atoms. The van der Waals surface area contributed by atoms with Crippen molar-refractivity contribution in [3.05, 3.63) is 0 Å². The van der Waals surface area contributed by atoms with Crippen LogP contribution < -0.4 is 0 Å².